The molecule has 0 unspecified atom stereocenters. The summed E-state index contributed by atoms with van der Waals surface area (Å²) in [6.07, 6.45) is 4.82. The fraction of sp³-hybridized carbons (Fsp3) is 0.583. The zero-order valence-corrected chi connectivity index (χ0v) is 22.3. The van der Waals surface area contributed by atoms with Crippen molar-refractivity contribution in [2.45, 2.75) is 93.2 Å². The molecule has 0 saturated carbocycles. The van der Waals surface area contributed by atoms with E-state index in [0.717, 1.165) is 81.6 Å². The monoisotopic (exact) mass is 540 g/mol. The molecule has 0 radical (unpaired) electrons. The van der Waals surface area contributed by atoms with Gasteiger partial charge in [-0.2, -0.15) is 0 Å². The molecule has 0 aliphatic heterocycles. The van der Waals surface area contributed by atoms with Crippen LogP contribution in [-0.2, 0) is 13.1 Å². The van der Waals surface area contributed by atoms with Gasteiger partial charge in [0.15, 0.2) is 11.6 Å². The highest BCUT2D eigenvalue weighted by Gasteiger charge is 2.25. The van der Waals surface area contributed by atoms with Crippen molar-refractivity contribution in [2.24, 2.45) is 0 Å². The molecule has 2 rings (SSSR count). The van der Waals surface area contributed by atoms with Gasteiger partial charge < -0.3 is 9.13 Å². The fourth-order valence-corrected chi connectivity index (χ4v) is 5.56. The molecule has 30 heavy (non-hydrogen) atoms. The first kappa shape index (κ1) is 25.1. The second kappa shape index (κ2) is 10.9. The molecule has 0 spiro atoms. The lowest BCUT2D eigenvalue weighted by atomic mass is 10.0. The molecule has 6 heteroatoms. The molecule has 166 valence electrons. The number of ketones is 2. The van der Waals surface area contributed by atoms with E-state index in [1.54, 1.807) is 0 Å². The predicted molar refractivity (Wildman–Crippen MR) is 131 cm³/mol. The Balaban J connectivity index is 2.19. The van der Waals surface area contributed by atoms with Gasteiger partial charge in [-0.3, -0.25) is 9.59 Å². The first-order valence-corrected chi connectivity index (χ1v) is 12.5. The summed E-state index contributed by atoms with van der Waals surface area (Å²) in [4.78, 5) is 26.1. The Kier molecular flexibility index (Phi) is 9.16. The van der Waals surface area contributed by atoms with Crippen molar-refractivity contribution in [3.63, 3.8) is 0 Å². The molecule has 2 aromatic rings. The third-order valence-corrected chi connectivity index (χ3v) is 7.97. The summed E-state index contributed by atoms with van der Waals surface area (Å²) in [5.41, 5.74) is 5.59. The molecule has 4 nitrogen and oxygen atoms in total. The van der Waals surface area contributed by atoms with Gasteiger partial charge in [0.25, 0.3) is 0 Å². The molecule has 0 aliphatic rings. The lowest BCUT2D eigenvalue weighted by Gasteiger charge is -2.09. The number of unbranched alkanes of at least 4 members (excludes halogenated alkanes) is 2. The van der Waals surface area contributed by atoms with E-state index in [2.05, 4.69) is 54.8 Å². The molecule has 0 saturated heterocycles. The van der Waals surface area contributed by atoms with Crippen molar-refractivity contribution < 1.29 is 9.59 Å². The van der Waals surface area contributed by atoms with Gasteiger partial charge in [-0.15, -0.1) is 0 Å². The maximum absolute atomic E-state index is 13.0. The number of halogens is 2. The standard InChI is InChI=1S/C24H34Br2N2O2/c1-7-9-13-27-15(3)21(23(25)17(27)5)19(29)11-12-20(30)22-16(4)28(14-10-8-2)18(6)24(22)26/h7-14H2,1-6H3. The highest BCUT2D eigenvalue weighted by molar-refractivity contribution is 9.11. The topological polar surface area (TPSA) is 44.0 Å². The third-order valence-electron chi connectivity index (χ3n) is 6.02. The van der Waals surface area contributed by atoms with E-state index >= 15 is 0 Å². The summed E-state index contributed by atoms with van der Waals surface area (Å²) >= 11 is 7.24. The average molecular weight is 542 g/mol. The summed E-state index contributed by atoms with van der Waals surface area (Å²) in [5, 5.41) is 0. The van der Waals surface area contributed by atoms with Crippen molar-refractivity contribution in [1.29, 1.82) is 0 Å². The van der Waals surface area contributed by atoms with E-state index in [0.29, 0.717) is 0 Å². The van der Waals surface area contributed by atoms with Gasteiger partial charge >= 0.3 is 0 Å². The molecule has 0 bridgehead atoms. The van der Waals surface area contributed by atoms with Crippen LogP contribution in [0.4, 0.5) is 0 Å². The van der Waals surface area contributed by atoms with Crippen molar-refractivity contribution in [2.75, 3.05) is 0 Å². The normalized spacial score (nSPS) is 11.3. The summed E-state index contributed by atoms with van der Waals surface area (Å²) in [5.74, 6) is 0.0592. The third kappa shape index (κ3) is 5.01. The van der Waals surface area contributed by atoms with Gasteiger partial charge in [-0.05, 0) is 72.4 Å². The number of aromatic nitrogens is 2. The number of hydrogen-bond acceptors (Lipinski definition) is 2. The van der Waals surface area contributed by atoms with Gasteiger partial charge in [-0.25, -0.2) is 0 Å². The highest BCUT2D eigenvalue weighted by atomic mass is 79.9. The van der Waals surface area contributed by atoms with Gasteiger partial charge in [0.05, 0.1) is 11.1 Å². The van der Waals surface area contributed by atoms with Gasteiger partial charge in [0, 0.05) is 57.7 Å². The van der Waals surface area contributed by atoms with Crippen LogP contribution < -0.4 is 0 Å². The largest absolute Gasteiger partial charge is 0.347 e. The van der Waals surface area contributed by atoms with Crippen LogP contribution >= 0.6 is 31.9 Å². The van der Waals surface area contributed by atoms with Gasteiger partial charge in [0.1, 0.15) is 0 Å². The fourth-order valence-electron chi connectivity index (χ4n) is 4.12. The van der Waals surface area contributed by atoms with E-state index in [1.165, 1.54) is 0 Å². The minimum atomic E-state index is 0.0296. The maximum atomic E-state index is 13.0. The average Bonchev–Trinajstić information content (AvgIpc) is 3.05. The predicted octanol–water partition coefficient (Wildman–Crippen LogP) is 7.49. The number of hydrogen-bond donors (Lipinski definition) is 0. The Morgan fingerprint density at radius 3 is 1.30 bits per heavy atom. The molecule has 0 aromatic carbocycles. The summed E-state index contributed by atoms with van der Waals surface area (Å²) in [7, 11) is 0. The lowest BCUT2D eigenvalue weighted by Crippen LogP contribution is -2.09. The zero-order valence-electron chi connectivity index (χ0n) is 19.1. The molecule has 0 atom stereocenters. The van der Waals surface area contributed by atoms with E-state index < -0.39 is 0 Å². The SMILES string of the molecule is CCCCn1c(C)c(Br)c(C(=O)CCC(=O)c2c(Br)c(C)n(CCCC)c2C)c1C. The molecule has 0 N–H and O–H groups in total. The summed E-state index contributed by atoms with van der Waals surface area (Å²) in [6.45, 7) is 14.2. The van der Waals surface area contributed by atoms with Crippen LogP contribution in [-0.4, -0.2) is 20.7 Å². The van der Waals surface area contributed by atoms with Crippen molar-refractivity contribution in [3.05, 3.63) is 42.8 Å². The molecule has 0 fully saturated rings. The second-order valence-corrected chi connectivity index (χ2v) is 9.66. The van der Waals surface area contributed by atoms with Gasteiger partial charge in [-0.1, -0.05) is 26.7 Å². The molecule has 2 heterocycles. The molecule has 2 aromatic heterocycles. The van der Waals surface area contributed by atoms with E-state index in [9.17, 15) is 9.59 Å². The number of rotatable bonds is 11. The molecule has 0 amide bonds. The van der Waals surface area contributed by atoms with E-state index in [1.807, 2.05) is 27.7 Å². The van der Waals surface area contributed by atoms with Crippen LogP contribution in [0, 0.1) is 27.7 Å². The smallest absolute Gasteiger partial charge is 0.166 e. The highest BCUT2D eigenvalue weighted by Crippen LogP contribution is 2.32. The quantitative estimate of drug-likeness (QED) is 0.276. The Morgan fingerprint density at radius 1 is 0.667 bits per heavy atom. The van der Waals surface area contributed by atoms with Crippen LogP contribution in [0.5, 0.6) is 0 Å². The summed E-state index contributed by atoms with van der Waals surface area (Å²) in [6, 6.07) is 0. The summed E-state index contributed by atoms with van der Waals surface area (Å²) < 4.78 is 6.15. The Bertz CT molecular complexity index is 862. The number of carbonyl (C=O) groups is 2. The van der Waals surface area contributed by atoms with E-state index in [-0.39, 0.29) is 24.4 Å². The number of carbonyl (C=O) groups excluding carboxylic acids is 2. The first-order chi connectivity index (χ1) is 14.2. The van der Waals surface area contributed by atoms with Crippen LogP contribution in [0.15, 0.2) is 8.95 Å². The Hall–Kier alpha value is -1.14. The maximum Gasteiger partial charge on any atom is 0.166 e. The second-order valence-electron chi connectivity index (χ2n) is 8.08. The molecular formula is C24H34Br2N2O2. The van der Waals surface area contributed by atoms with Crippen LogP contribution in [0.1, 0.15) is 95.9 Å². The van der Waals surface area contributed by atoms with Crippen LogP contribution in [0.25, 0.3) is 0 Å². The van der Waals surface area contributed by atoms with Crippen LogP contribution in [0.2, 0.25) is 0 Å². The molecular weight excluding hydrogens is 508 g/mol. The van der Waals surface area contributed by atoms with Gasteiger partial charge in [0.2, 0.25) is 0 Å². The van der Waals surface area contributed by atoms with Crippen molar-refractivity contribution in [3.8, 4) is 0 Å². The minimum Gasteiger partial charge on any atom is -0.347 e. The van der Waals surface area contributed by atoms with E-state index in [4.69, 9.17) is 0 Å². The zero-order chi connectivity index (χ0) is 22.6. The minimum absolute atomic E-state index is 0.0296. The Labute approximate surface area is 197 Å². The Morgan fingerprint density at radius 2 is 1.00 bits per heavy atom. The van der Waals surface area contributed by atoms with Crippen molar-refractivity contribution in [1.82, 2.24) is 9.13 Å². The lowest BCUT2D eigenvalue weighted by molar-refractivity contribution is 0.0916. The number of Topliss-reactive ketones (excluding diaryl/α,β-unsaturated/α-hetero) is 2. The first-order valence-electron chi connectivity index (χ1n) is 10.9. The van der Waals surface area contributed by atoms with Crippen molar-refractivity contribution >= 4 is 43.4 Å². The van der Waals surface area contributed by atoms with Crippen LogP contribution in [0.3, 0.4) is 0 Å². The number of nitrogens with zero attached hydrogens (tertiary/aromatic N) is 2. The molecule has 0 aliphatic carbocycles.